The van der Waals surface area contributed by atoms with Crippen LogP contribution in [0.25, 0.3) is 11.2 Å². The van der Waals surface area contributed by atoms with Gasteiger partial charge in [-0.2, -0.15) is 0 Å². The van der Waals surface area contributed by atoms with Crippen molar-refractivity contribution in [1.82, 2.24) is 30.2 Å². The molecule has 0 spiro atoms. The molecule has 4 heterocycles. The molecule has 422 valence electrons. The minimum atomic E-state index is -5.94. The number of allylic oxidation sites excluding steroid dienone is 1. The number of amides is 2. The molecule has 2 saturated heterocycles. The van der Waals surface area contributed by atoms with Crippen molar-refractivity contribution in [3.63, 3.8) is 0 Å². The molecule has 8 N–H and O–H groups in total. The van der Waals surface area contributed by atoms with Crippen molar-refractivity contribution >= 4 is 69.1 Å². The average Bonchev–Trinajstić information content (AvgIpc) is 3.88. The Morgan fingerprint density at radius 3 is 2.30 bits per heavy atom. The molecule has 2 unspecified atom stereocenters. The number of thioether (sulfide) groups is 1. The number of anilines is 1. The maximum Gasteiger partial charge on any atom is 0.274 e. The van der Waals surface area contributed by atoms with Crippen molar-refractivity contribution in [2.45, 2.75) is 166 Å². The number of hydrogen-bond acceptors (Lipinski definition) is 26. The van der Waals surface area contributed by atoms with E-state index in [2.05, 4.69) is 43.5 Å². The molecule has 28 nitrogen and oxygen atoms in total. The summed E-state index contributed by atoms with van der Waals surface area (Å²) in [6.45, 7) is 3.76. The maximum atomic E-state index is 12.7. The van der Waals surface area contributed by atoms with E-state index in [-0.39, 0.29) is 60.2 Å². The van der Waals surface area contributed by atoms with E-state index in [9.17, 15) is 68.1 Å². The number of aliphatic hydroxyl groups is 4. The number of nitrogens with zero attached hydrogens (tertiary/aromatic N) is 4. The number of imidazole rings is 1. The summed E-state index contributed by atoms with van der Waals surface area (Å²) in [4.78, 5) is 96.9. The Balaban J connectivity index is 1.03. The van der Waals surface area contributed by atoms with Gasteiger partial charge in [0, 0.05) is 37.1 Å². The largest absolute Gasteiger partial charge is 0.790 e. The van der Waals surface area contributed by atoms with Gasteiger partial charge in [-0.15, -0.1) is 0 Å². The number of aliphatic hydroxyl groups excluding tert-OH is 4. The number of rotatable bonds is 33. The predicted octanol–water partition coefficient (Wildman–Crippen LogP) is -0.144. The van der Waals surface area contributed by atoms with Crippen molar-refractivity contribution in [2.24, 2.45) is 5.41 Å². The van der Waals surface area contributed by atoms with Gasteiger partial charge >= 0.3 is 0 Å². The number of nitrogens with two attached hydrogens (primary N) is 1. The summed E-state index contributed by atoms with van der Waals surface area (Å²) in [5, 5.41) is 46.2. The third-order valence-electron chi connectivity index (χ3n) is 11.8. The first-order valence-corrected chi connectivity index (χ1v) is 29.4. The number of unbranched alkanes of at least 4 members (excludes halogenated alkanes) is 8. The SMILES string of the molecule is C[C@H](CCCCCCCCCC/C=C/C(=O)SCCNC(=O)CCNC(=O)[C@H](O)C(C)(C)COP(=O)([O-])OP(=O)([O-])OC[C@H]1O[C@@H](n2cnc3c(N)ncnc32)[C@H](O)[C@@H]1OP(=O)([O-])[O-])O[C@@H]1O[C@@H](C)[C@H](O)C[C@H]1O. The molecule has 2 aromatic heterocycles. The number of phosphoric ester groups is 3. The molecular weight excluding hydrogens is 1060 g/mol. The lowest BCUT2D eigenvalue weighted by Crippen LogP contribution is -2.48. The van der Waals surface area contributed by atoms with E-state index in [1.54, 1.807) is 6.92 Å². The number of hydrogen-bond donors (Lipinski definition) is 7. The van der Waals surface area contributed by atoms with Gasteiger partial charge in [-0.25, -0.2) is 19.3 Å². The van der Waals surface area contributed by atoms with Crippen LogP contribution in [-0.2, 0) is 60.2 Å². The van der Waals surface area contributed by atoms with Gasteiger partial charge in [-0.1, -0.05) is 76.6 Å². The van der Waals surface area contributed by atoms with Crippen molar-refractivity contribution < 1.29 is 100 Å². The van der Waals surface area contributed by atoms with E-state index in [1.807, 2.05) is 13.0 Å². The normalized spacial score (nSPS) is 25.1. The molecule has 0 saturated carbocycles. The molecule has 4 rings (SSSR count). The second-order valence-electron chi connectivity index (χ2n) is 18.5. The summed E-state index contributed by atoms with van der Waals surface area (Å²) >= 11 is 1.03. The lowest BCUT2D eigenvalue weighted by molar-refractivity contribution is -0.347. The third kappa shape index (κ3) is 21.5. The number of nitrogen functional groups attached to an aromatic ring is 1. The number of carbonyl (C=O) groups excluding carboxylic acids is 3. The van der Waals surface area contributed by atoms with Crippen LogP contribution in [0.2, 0.25) is 0 Å². The Labute approximate surface area is 432 Å². The average molecular weight is 1130 g/mol. The molecular formula is C42H68N7O21P3S-4. The van der Waals surface area contributed by atoms with Gasteiger partial charge in [0.1, 0.15) is 42.4 Å². The molecule has 0 aromatic carbocycles. The van der Waals surface area contributed by atoms with Crippen LogP contribution in [0.4, 0.5) is 5.82 Å². The van der Waals surface area contributed by atoms with E-state index in [0.29, 0.717) is 5.75 Å². The van der Waals surface area contributed by atoms with Crippen molar-refractivity contribution in [2.75, 3.05) is 37.8 Å². The highest BCUT2D eigenvalue weighted by atomic mass is 32.2. The highest BCUT2D eigenvalue weighted by Gasteiger charge is 2.47. The van der Waals surface area contributed by atoms with Crippen LogP contribution >= 0.6 is 35.2 Å². The minimum Gasteiger partial charge on any atom is -0.790 e. The number of carbonyl (C=O) groups is 3. The second kappa shape index (κ2) is 29.8. The first-order chi connectivity index (χ1) is 34.7. The molecule has 2 fully saturated rings. The Morgan fingerprint density at radius 2 is 1.61 bits per heavy atom. The van der Waals surface area contributed by atoms with Crippen molar-refractivity contribution in [3.8, 4) is 0 Å². The molecule has 2 amide bonds. The smallest absolute Gasteiger partial charge is 0.274 e. The highest BCUT2D eigenvalue weighted by molar-refractivity contribution is 8.14. The summed E-state index contributed by atoms with van der Waals surface area (Å²) in [5.74, 6) is -1.28. The van der Waals surface area contributed by atoms with Crippen molar-refractivity contribution in [3.05, 3.63) is 24.8 Å². The van der Waals surface area contributed by atoms with Gasteiger partial charge in [-0.3, -0.25) is 28.1 Å². The summed E-state index contributed by atoms with van der Waals surface area (Å²) in [6.07, 6.45) is 3.53. The Morgan fingerprint density at radius 1 is 0.946 bits per heavy atom. The van der Waals surface area contributed by atoms with E-state index >= 15 is 0 Å². The zero-order chi connectivity index (χ0) is 54.9. The zero-order valence-corrected chi connectivity index (χ0v) is 44.9. The lowest BCUT2D eigenvalue weighted by atomic mass is 9.87. The monoisotopic (exact) mass is 1130 g/mol. The van der Waals surface area contributed by atoms with Crippen LogP contribution in [0.1, 0.15) is 111 Å². The van der Waals surface area contributed by atoms with Crippen LogP contribution in [0.15, 0.2) is 24.8 Å². The first-order valence-electron chi connectivity index (χ1n) is 24.0. The van der Waals surface area contributed by atoms with Gasteiger partial charge in [0.15, 0.2) is 24.0 Å². The molecule has 0 bridgehead atoms. The molecule has 0 aliphatic carbocycles. The van der Waals surface area contributed by atoms with E-state index in [1.165, 1.54) is 19.9 Å². The van der Waals surface area contributed by atoms with Gasteiger partial charge in [-0.05, 0) is 39.2 Å². The van der Waals surface area contributed by atoms with Crippen LogP contribution in [0.5, 0.6) is 0 Å². The molecule has 12 atom stereocenters. The molecule has 32 heteroatoms. The fraction of sp³-hybridized carbons (Fsp3) is 0.762. The van der Waals surface area contributed by atoms with Crippen LogP contribution in [0, 0.1) is 5.41 Å². The summed E-state index contributed by atoms with van der Waals surface area (Å²) in [5.41, 5.74) is 4.06. The van der Waals surface area contributed by atoms with Gasteiger partial charge in [0.2, 0.25) is 16.9 Å². The van der Waals surface area contributed by atoms with E-state index < -0.39 is 103 Å². The first kappa shape index (κ1) is 63.7. The third-order valence-corrected chi connectivity index (χ3v) is 15.6. The number of nitrogens with one attached hydrogen (secondary N) is 2. The highest BCUT2D eigenvalue weighted by Crippen LogP contribution is 2.56. The van der Waals surface area contributed by atoms with Crippen LogP contribution < -0.4 is 35.9 Å². The topological polar surface area (TPSA) is 434 Å². The lowest BCUT2D eigenvalue weighted by Gasteiger charge is -2.36. The number of phosphoric acid groups is 3. The van der Waals surface area contributed by atoms with E-state index in [4.69, 9.17) is 19.9 Å². The molecule has 2 aromatic rings. The van der Waals surface area contributed by atoms with Crippen LogP contribution in [-0.4, -0.2) is 144 Å². The molecule has 0 radical (unpaired) electrons. The predicted molar refractivity (Wildman–Crippen MR) is 255 cm³/mol. The van der Waals surface area contributed by atoms with Crippen molar-refractivity contribution in [1.29, 1.82) is 0 Å². The summed E-state index contributed by atoms with van der Waals surface area (Å²) < 4.78 is 72.3. The fourth-order valence-electron chi connectivity index (χ4n) is 7.60. The standard InChI is InChI=1S/C42H72N7O21P3S/c1-26(66-41-29(51)21-28(50)27(2)67-41)15-13-11-9-7-5-6-8-10-12-14-16-32(53)74-20-19-44-31(52)17-18-45-39(56)36(55)42(3,4)23-65-73(62,63)70-72(60,61)64-22-30-35(69-71(57,58)59)34(54)40(68-30)49-25-48-33-37(43)46-24-47-38(33)49/h14,16,24-30,34-36,40-41,50-51,54-55H,5-13,15,17-23H2,1-4H3,(H,44,52)(H,45,56)(H,60,61)(H,62,63)(H2,43,46,47)(H2,57,58,59)/p-4/b16-14+/t26-,27+,28-,29-,30-,34-,35-,36+,40-,41-/m1/s1. The number of ether oxygens (including phenoxy) is 3. The fourth-order valence-corrected chi connectivity index (χ4v) is 10.9. The molecule has 2 aliphatic rings. The molecule has 74 heavy (non-hydrogen) atoms. The minimum absolute atomic E-state index is 0.0262. The Kier molecular flexibility index (Phi) is 25.6. The quantitative estimate of drug-likeness (QED) is 0.0278. The maximum absolute atomic E-state index is 12.7. The number of aromatic nitrogens is 4. The molecule has 2 aliphatic heterocycles. The van der Waals surface area contributed by atoms with Gasteiger partial charge in [0.05, 0.1) is 45.7 Å². The summed E-state index contributed by atoms with van der Waals surface area (Å²) in [6, 6.07) is 0. The second-order valence-corrected chi connectivity index (χ2v) is 23.6. The summed E-state index contributed by atoms with van der Waals surface area (Å²) in [7, 11) is -17.7. The Hall–Kier alpha value is -2.86. The van der Waals surface area contributed by atoms with Crippen LogP contribution in [0.3, 0.4) is 0 Å². The Bertz CT molecular complexity index is 2300. The van der Waals surface area contributed by atoms with E-state index in [0.717, 1.165) is 93.2 Å². The zero-order valence-electron chi connectivity index (χ0n) is 41.4. The number of fused-ring (bicyclic) bond motifs is 1. The van der Waals surface area contributed by atoms with Gasteiger partial charge < -0.3 is 88.7 Å². The van der Waals surface area contributed by atoms with Gasteiger partial charge in [0.25, 0.3) is 15.6 Å².